The van der Waals surface area contributed by atoms with Gasteiger partial charge in [0.05, 0.1) is 5.56 Å². The molecule has 0 aliphatic rings. The quantitative estimate of drug-likeness (QED) is 0.564. The molecule has 2 N–H and O–H groups in total. The zero-order valence-corrected chi connectivity index (χ0v) is 16.9. The van der Waals surface area contributed by atoms with Gasteiger partial charge in [-0.15, -0.1) is 0 Å². The summed E-state index contributed by atoms with van der Waals surface area (Å²) in [7, 11) is 0. The maximum absolute atomic E-state index is 13.3. The summed E-state index contributed by atoms with van der Waals surface area (Å²) in [5, 5.41) is 11.7. The zero-order valence-electron chi connectivity index (χ0n) is 16.9. The normalized spacial score (nSPS) is 11.4. The fraction of sp³-hybridized carbons (Fsp3) is 0.227. The predicted octanol–water partition coefficient (Wildman–Crippen LogP) is 3.55. The lowest BCUT2D eigenvalue weighted by molar-refractivity contribution is -0.137. The fourth-order valence-electron chi connectivity index (χ4n) is 3.15. The third-order valence-electron chi connectivity index (χ3n) is 4.73. The average molecular weight is 449 g/mol. The number of carbonyl (C=O) groups is 1. The van der Waals surface area contributed by atoms with E-state index in [1.54, 1.807) is 6.92 Å². The molecule has 0 radical (unpaired) electrons. The van der Waals surface area contributed by atoms with E-state index >= 15 is 0 Å². The number of aromatic nitrogens is 2. The molecule has 2 aromatic carbocycles. The van der Waals surface area contributed by atoms with Gasteiger partial charge in [-0.1, -0.05) is 0 Å². The van der Waals surface area contributed by atoms with Crippen LogP contribution in [0.2, 0.25) is 0 Å². The van der Waals surface area contributed by atoms with Crippen LogP contribution in [0.1, 0.15) is 16.8 Å². The van der Waals surface area contributed by atoms with Crippen molar-refractivity contribution in [3.8, 4) is 11.4 Å². The van der Waals surface area contributed by atoms with E-state index in [0.717, 1.165) is 28.8 Å². The van der Waals surface area contributed by atoms with Crippen LogP contribution in [0.4, 0.5) is 23.2 Å². The maximum Gasteiger partial charge on any atom is 0.416 e. The molecule has 3 aromatic rings. The van der Waals surface area contributed by atoms with Crippen molar-refractivity contribution in [2.45, 2.75) is 26.1 Å². The Morgan fingerprint density at radius 3 is 2.28 bits per heavy atom. The third kappa shape index (κ3) is 5.20. The summed E-state index contributed by atoms with van der Waals surface area (Å²) < 4.78 is 52.5. The van der Waals surface area contributed by atoms with Crippen molar-refractivity contribution < 1.29 is 27.5 Å². The number of aryl methyl sites for hydroxylation is 1. The van der Waals surface area contributed by atoms with E-state index in [1.807, 2.05) is 0 Å². The number of amides is 1. The van der Waals surface area contributed by atoms with E-state index in [2.05, 4.69) is 10.3 Å². The van der Waals surface area contributed by atoms with Crippen molar-refractivity contribution >= 4 is 11.6 Å². The fourth-order valence-corrected chi connectivity index (χ4v) is 3.15. The minimum absolute atomic E-state index is 0.0297. The molecule has 0 fully saturated rings. The van der Waals surface area contributed by atoms with E-state index in [-0.39, 0.29) is 30.1 Å². The molecule has 168 valence electrons. The molecule has 0 saturated carbocycles. The number of hydrogen-bond acceptors (Lipinski definition) is 4. The molecule has 0 unspecified atom stereocenters. The van der Waals surface area contributed by atoms with Crippen LogP contribution >= 0.6 is 0 Å². The molecule has 0 bridgehead atoms. The van der Waals surface area contributed by atoms with Crippen LogP contribution in [-0.4, -0.2) is 27.2 Å². The second kappa shape index (κ2) is 9.31. The van der Waals surface area contributed by atoms with Crippen LogP contribution in [0, 0.1) is 12.7 Å². The van der Waals surface area contributed by atoms with Gasteiger partial charge < -0.3 is 10.4 Å². The molecule has 1 heterocycles. The van der Waals surface area contributed by atoms with Crippen molar-refractivity contribution in [2.24, 2.45) is 0 Å². The molecular formula is C22H19F4N3O3. The summed E-state index contributed by atoms with van der Waals surface area (Å²) in [6.07, 6.45) is -4.47. The van der Waals surface area contributed by atoms with Crippen LogP contribution in [0.5, 0.6) is 0 Å². The molecule has 10 heteroatoms. The number of aliphatic hydroxyl groups excluding tert-OH is 1. The number of nitrogens with zero attached hydrogens (tertiary/aromatic N) is 2. The van der Waals surface area contributed by atoms with Gasteiger partial charge >= 0.3 is 6.18 Å². The first kappa shape index (κ1) is 23.1. The summed E-state index contributed by atoms with van der Waals surface area (Å²) in [5.41, 5.74) is -0.307. The highest BCUT2D eigenvalue weighted by Gasteiger charge is 2.30. The number of rotatable bonds is 6. The van der Waals surface area contributed by atoms with Crippen molar-refractivity contribution in [3.63, 3.8) is 0 Å². The lowest BCUT2D eigenvalue weighted by Crippen LogP contribution is -2.33. The van der Waals surface area contributed by atoms with Crippen LogP contribution in [-0.2, 0) is 23.9 Å². The van der Waals surface area contributed by atoms with Gasteiger partial charge in [0.1, 0.15) is 18.2 Å². The Balaban J connectivity index is 1.94. The third-order valence-corrected chi connectivity index (χ3v) is 4.73. The van der Waals surface area contributed by atoms with Crippen molar-refractivity contribution in [2.75, 3.05) is 11.9 Å². The lowest BCUT2D eigenvalue weighted by atomic mass is 10.1. The highest BCUT2D eigenvalue weighted by atomic mass is 19.4. The molecule has 3 rings (SSSR count). The highest BCUT2D eigenvalue weighted by Crippen LogP contribution is 2.29. The molecule has 0 saturated heterocycles. The van der Waals surface area contributed by atoms with Crippen LogP contribution in [0.15, 0.2) is 53.3 Å². The molecule has 0 aliphatic heterocycles. The number of nitrogens with one attached hydrogen (secondary N) is 1. The molecular weight excluding hydrogens is 430 g/mol. The largest absolute Gasteiger partial charge is 0.416 e. The monoisotopic (exact) mass is 449 g/mol. The van der Waals surface area contributed by atoms with Gasteiger partial charge in [-0.3, -0.25) is 14.2 Å². The number of aliphatic hydroxyl groups is 1. The van der Waals surface area contributed by atoms with Gasteiger partial charge in [-0.05, 0) is 55.5 Å². The second-order valence-electron chi connectivity index (χ2n) is 6.99. The first-order valence-corrected chi connectivity index (χ1v) is 9.54. The minimum atomic E-state index is -4.50. The Labute approximate surface area is 180 Å². The van der Waals surface area contributed by atoms with E-state index in [9.17, 15) is 32.3 Å². The first-order valence-electron chi connectivity index (χ1n) is 9.54. The number of alkyl halides is 3. The van der Waals surface area contributed by atoms with Gasteiger partial charge in [0.2, 0.25) is 5.91 Å². The number of anilines is 1. The maximum atomic E-state index is 13.3. The summed E-state index contributed by atoms with van der Waals surface area (Å²) in [6.45, 7) is 0.801. The number of carbonyl (C=O) groups excluding carboxylic acids is 1. The zero-order chi connectivity index (χ0) is 23.5. The standard InChI is InChI=1S/C22H19F4N3O3/c1-13-18(10-11-30)21(32)29(20(27-13)14-2-6-16(23)7-3-14)12-19(31)28-17-8-4-15(5-9-17)22(24,25)26/h2-9,30H,10-12H2,1H3,(H,28,31). The molecule has 32 heavy (non-hydrogen) atoms. The molecule has 6 nitrogen and oxygen atoms in total. The van der Waals surface area contributed by atoms with E-state index in [1.165, 1.54) is 24.3 Å². The molecule has 1 aromatic heterocycles. The smallest absolute Gasteiger partial charge is 0.396 e. The highest BCUT2D eigenvalue weighted by molar-refractivity contribution is 5.90. The summed E-state index contributed by atoms with van der Waals surface area (Å²) >= 11 is 0. The van der Waals surface area contributed by atoms with Gasteiger partial charge in [-0.25, -0.2) is 9.37 Å². The Morgan fingerprint density at radius 2 is 1.72 bits per heavy atom. The summed E-state index contributed by atoms with van der Waals surface area (Å²) in [5.74, 6) is -1.04. The summed E-state index contributed by atoms with van der Waals surface area (Å²) in [6, 6.07) is 9.07. The SMILES string of the molecule is Cc1nc(-c2ccc(F)cc2)n(CC(=O)Nc2ccc(C(F)(F)F)cc2)c(=O)c1CCO. The molecule has 0 spiro atoms. The van der Waals surface area contributed by atoms with Crippen molar-refractivity contribution in [1.82, 2.24) is 9.55 Å². The van der Waals surface area contributed by atoms with Crippen LogP contribution < -0.4 is 10.9 Å². The van der Waals surface area contributed by atoms with E-state index in [4.69, 9.17) is 0 Å². The average Bonchev–Trinajstić information content (AvgIpc) is 2.73. The van der Waals surface area contributed by atoms with Gasteiger partial charge in [0.25, 0.3) is 5.56 Å². The van der Waals surface area contributed by atoms with Crippen molar-refractivity contribution in [3.05, 3.63) is 81.5 Å². The summed E-state index contributed by atoms with van der Waals surface area (Å²) in [4.78, 5) is 30.0. The molecule has 1 amide bonds. The van der Waals surface area contributed by atoms with Crippen LogP contribution in [0.25, 0.3) is 11.4 Å². The van der Waals surface area contributed by atoms with Crippen LogP contribution in [0.3, 0.4) is 0 Å². The minimum Gasteiger partial charge on any atom is -0.396 e. The van der Waals surface area contributed by atoms with E-state index < -0.39 is 35.6 Å². The Morgan fingerprint density at radius 1 is 1.09 bits per heavy atom. The van der Waals surface area contributed by atoms with Gasteiger partial charge in [-0.2, -0.15) is 13.2 Å². The Kier molecular flexibility index (Phi) is 6.73. The number of benzene rings is 2. The number of hydrogen-bond donors (Lipinski definition) is 2. The van der Waals surface area contributed by atoms with E-state index in [0.29, 0.717) is 11.3 Å². The Bertz CT molecular complexity index is 1170. The van der Waals surface area contributed by atoms with Gasteiger partial charge in [0.15, 0.2) is 0 Å². The second-order valence-corrected chi connectivity index (χ2v) is 6.99. The van der Waals surface area contributed by atoms with Crippen molar-refractivity contribution in [1.29, 1.82) is 0 Å². The molecule has 0 aliphatic carbocycles. The topological polar surface area (TPSA) is 84.2 Å². The predicted molar refractivity (Wildman–Crippen MR) is 109 cm³/mol. The Hall–Kier alpha value is -3.53. The first-order chi connectivity index (χ1) is 15.1. The number of halogens is 4. The van der Waals surface area contributed by atoms with Gasteiger partial charge in [0, 0.05) is 35.5 Å². The molecule has 0 atom stereocenters. The lowest BCUT2D eigenvalue weighted by Gasteiger charge is -2.16.